The number of rotatable bonds is 4. The lowest BCUT2D eigenvalue weighted by molar-refractivity contribution is 0.350. The molecule has 1 aromatic carbocycles. The van der Waals surface area contributed by atoms with Gasteiger partial charge in [-0.25, -0.2) is 0 Å². The summed E-state index contributed by atoms with van der Waals surface area (Å²) in [6, 6.07) is 3.37. The van der Waals surface area contributed by atoms with Gasteiger partial charge in [-0.2, -0.15) is 5.10 Å². The van der Waals surface area contributed by atoms with Crippen LogP contribution in [0.25, 0.3) is 11.3 Å². The van der Waals surface area contributed by atoms with Crippen LogP contribution in [0.1, 0.15) is 0 Å². The summed E-state index contributed by atoms with van der Waals surface area (Å²) in [4.78, 5) is 0. The average Bonchev–Trinajstić information content (AvgIpc) is 2.77. The van der Waals surface area contributed by atoms with Crippen molar-refractivity contribution >= 4 is 17.4 Å². The number of anilines is 1. The molecular formula is C13H16ClN3O3. The standard InChI is InChI=1S/C13H16ClN3O3/c1-17-10(15)5-7(16-17)11-12(14)8(18-2)6-9(19-3)13(11)20-4/h5-6H,15H2,1-4H3. The maximum atomic E-state index is 6.37. The molecule has 0 aliphatic heterocycles. The fourth-order valence-corrected chi connectivity index (χ4v) is 2.24. The van der Waals surface area contributed by atoms with Crippen molar-refractivity contribution in [2.24, 2.45) is 7.05 Å². The van der Waals surface area contributed by atoms with Crippen molar-refractivity contribution < 1.29 is 14.2 Å². The number of nitrogens with zero attached hydrogens (tertiary/aromatic N) is 2. The Morgan fingerprint density at radius 2 is 1.75 bits per heavy atom. The lowest BCUT2D eigenvalue weighted by Gasteiger charge is -2.15. The van der Waals surface area contributed by atoms with Gasteiger partial charge in [0.05, 0.1) is 37.6 Å². The van der Waals surface area contributed by atoms with Crippen LogP contribution < -0.4 is 19.9 Å². The predicted octanol–water partition coefficient (Wildman–Crippen LogP) is 2.35. The van der Waals surface area contributed by atoms with Crippen LogP contribution in [0, 0.1) is 0 Å². The van der Waals surface area contributed by atoms with Gasteiger partial charge in [-0.3, -0.25) is 4.68 Å². The second-order valence-electron chi connectivity index (χ2n) is 4.08. The summed E-state index contributed by atoms with van der Waals surface area (Å²) in [6.45, 7) is 0. The monoisotopic (exact) mass is 297 g/mol. The molecule has 6 nitrogen and oxygen atoms in total. The van der Waals surface area contributed by atoms with Gasteiger partial charge in [0, 0.05) is 19.2 Å². The van der Waals surface area contributed by atoms with Crippen LogP contribution in [-0.4, -0.2) is 31.1 Å². The van der Waals surface area contributed by atoms with Crippen molar-refractivity contribution in [1.29, 1.82) is 0 Å². The normalized spacial score (nSPS) is 10.4. The summed E-state index contributed by atoms with van der Waals surface area (Å²) in [5, 5.41) is 4.71. The van der Waals surface area contributed by atoms with Crippen LogP contribution in [0.5, 0.6) is 17.2 Å². The van der Waals surface area contributed by atoms with E-state index in [9.17, 15) is 0 Å². The Hall–Kier alpha value is -2.08. The molecular weight excluding hydrogens is 282 g/mol. The second-order valence-corrected chi connectivity index (χ2v) is 4.46. The molecule has 1 heterocycles. The Morgan fingerprint density at radius 1 is 1.10 bits per heavy atom. The van der Waals surface area contributed by atoms with Crippen LogP contribution in [0.15, 0.2) is 12.1 Å². The van der Waals surface area contributed by atoms with Crippen molar-refractivity contribution in [3.05, 3.63) is 17.2 Å². The molecule has 0 unspecified atom stereocenters. The number of hydrogen-bond acceptors (Lipinski definition) is 5. The van der Waals surface area contributed by atoms with E-state index in [0.717, 1.165) is 0 Å². The van der Waals surface area contributed by atoms with Gasteiger partial charge in [-0.15, -0.1) is 0 Å². The van der Waals surface area contributed by atoms with E-state index in [1.54, 1.807) is 31.0 Å². The van der Waals surface area contributed by atoms with Gasteiger partial charge < -0.3 is 19.9 Å². The summed E-state index contributed by atoms with van der Waals surface area (Å²) in [6.07, 6.45) is 0. The summed E-state index contributed by atoms with van der Waals surface area (Å²) in [7, 11) is 6.36. The van der Waals surface area contributed by atoms with Crippen LogP contribution in [0.2, 0.25) is 5.02 Å². The van der Waals surface area contributed by atoms with Crippen molar-refractivity contribution in [2.45, 2.75) is 0 Å². The highest BCUT2D eigenvalue weighted by Gasteiger charge is 2.22. The lowest BCUT2D eigenvalue weighted by atomic mass is 10.1. The molecule has 0 radical (unpaired) electrons. The lowest BCUT2D eigenvalue weighted by Crippen LogP contribution is -1.98. The van der Waals surface area contributed by atoms with E-state index < -0.39 is 0 Å². The molecule has 0 amide bonds. The van der Waals surface area contributed by atoms with E-state index in [2.05, 4.69) is 5.10 Å². The van der Waals surface area contributed by atoms with E-state index in [1.807, 2.05) is 0 Å². The molecule has 2 rings (SSSR count). The topological polar surface area (TPSA) is 71.5 Å². The third kappa shape index (κ3) is 2.22. The highest BCUT2D eigenvalue weighted by Crippen LogP contribution is 2.47. The number of hydrogen-bond donors (Lipinski definition) is 1. The number of methoxy groups -OCH3 is 3. The highest BCUT2D eigenvalue weighted by molar-refractivity contribution is 6.35. The minimum Gasteiger partial charge on any atom is -0.495 e. The maximum Gasteiger partial charge on any atom is 0.171 e. The quantitative estimate of drug-likeness (QED) is 0.938. The molecule has 0 aliphatic rings. The average molecular weight is 298 g/mol. The predicted molar refractivity (Wildman–Crippen MR) is 77.7 cm³/mol. The molecule has 20 heavy (non-hydrogen) atoms. The maximum absolute atomic E-state index is 6.37. The highest BCUT2D eigenvalue weighted by atomic mass is 35.5. The molecule has 2 N–H and O–H groups in total. The van der Waals surface area contributed by atoms with Crippen LogP contribution in [0.4, 0.5) is 5.82 Å². The molecule has 0 saturated carbocycles. The summed E-state index contributed by atoms with van der Waals surface area (Å²) < 4.78 is 17.5. The molecule has 0 saturated heterocycles. The van der Waals surface area contributed by atoms with Gasteiger partial charge in [-0.1, -0.05) is 11.6 Å². The number of aromatic nitrogens is 2. The SMILES string of the molecule is COc1cc(OC)c(OC)c(-c2cc(N)n(C)n2)c1Cl. The van der Waals surface area contributed by atoms with Gasteiger partial charge in [0.2, 0.25) is 0 Å². The number of halogens is 1. The van der Waals surface area contributed by atoms with Crippen molar-refractivity contribution in [3.63, 3.8) is 0 Å². The molecule has 0 atom stereocenters. The Kier molecular flexibility index (Phi) is 3.94. The first-order valence-electron chi connectivity index (χ1n) is 5.81. The summed E-state index contributed by atoms with van der Waals surface area (Å²) in [5.74, 6) is 1.98. The number of aryl methyl sites for hydroxylation is 1. The minimum atomic E-state index is 0.392. The number of nitrogen functional groups attached to an aromatic ring is 1. The van der Waals surface area contributed by atoms with Gasteiger partial charge in [-0.05, 0) is 0 Å². The molecule has 108 valence electrons. The third-order valence-corrected chi connectivity index (χ3v) is 3.34. The Morgan fingerprint density at radius 3 is 2.20 bits per heavy atom. The third-order valence-electron chi connectivity index (χ3n) is 2.96. The summed E-state index contributed by atoms with van der Waals surface area (Å²) in [5.41, 5.74) is 6.98. The first kappa shape index (κ1) is 14.3. The Bertz CT molecular complexity index is 621. The number of benzene rings is 1. The van der Waals surface area contributed by atoms with Gasteiger partial charge in [0.25, 0.3) is 0 Å². The van der Waals surface area contributed by atoms with Crippen LogP contribution in [-0.2, 0) is 7.05 Å². The van der Waals surface area contributed by atoms with E-state index in [-0.39, 0.29) is 0 Å². The summed E-state index contributed by atoms with van der Waals surface area (Å²) >= 11 is 6.37. The fraction of sp³-hybridized carbons (Fsp3) is 0.308. The van der Waals surface area contributed by atoms with Gasteiger partial charge >= 0.3 is 0 Å². The molecule has 0 aliphatic carbocycles. The zero-order valence-electron chi connectivity index (χ0n) is 11.7. The van der Waals surface area contributed by atoms with Gasteiger partial charge in [0.1, 0.15) is 11.6 Å². The van der Waals surface area contributed by atoms with Crippen molar-refractivity contribution in [1.82, 2.24) is 9.78 Å². The van der Waals surface area contributed by atoms with Gasteiger partial charge in [0.15, 0.2) is 11.5 Å². The first-order valence-corrected chi connectivity index (χ1v) is 6.19. The molecule has 0 spiro atoms. The van der Waals surface area contributed by atoms with E-state index in [4.69, 9.17) is 31.5 Å². The molecule has 0 bridgehead atoms. The van der Waals surface area contributed by atoms with Crippen LogP contribution in [0.3, 0.4) is 0 Å². The zero-order valence-corrected chi connectivity index (χ0v) is 12.5. The second kappa shape index (κ2) is 5.50. The largest absolute Gasteiger partial charge is 0.495 e. The molecule has 0 fully saturated rings. The fourth-order valence-electron chi connectivity index (χ4n) is 1.93. The zero-order chi connectivity index (χ0) is 14.9. The van der Waals surface area contributed by atoms with E-state index in [1.165, 1.54) is 14.2 Å². The number of ether oxygens (including phenoxy) is 3. The molecule has 2 aromatic rings. The van der Waals surface area contributed by atoms with E-state index >= 15 is 0 Å². The smallest absolute Gasteiger partial charge is 0.171 e. The molecule has 7 heteroatoms. The molecule has 1 aromatic heterocycles. The van der Waals surface area contributed by atoms with Crippen molar-refractivity contribution in [2.75, 3.05) is 27.1 Å². The number of nitrogens with two attached hydrogens (primary N) is 1. The van der Waals surface area contributed by atoms with Crippen molar-refractivity contribution in [3.8, 4) is 28.5 Å². The Balaban J connectivity index is 2.77. The van der Waals surface area contributed by atoms with Crippen LogP contribution >= 0.6 is 11.6 Å². The first-order chi connectivity index (χ1) is 9.53. The Labute approximate surface area is 122 Å². The van der Waals surface area contributed by atoms with E-state index in [0.29, 0.717) is 39.3 Å². The minimum absolute atomic E-state index is 0.392.